The Bertz CT molecular complexity index is 502. The minimum absolute atomic E-state index is 0.0126. The minimum Gasteiger partial charge on any atom is -0.486 e. The SMILES string of the molecule is COCC1=C(C(=O)OC)C=C(C(=O)OC)C(CC(=O)O)O1. The Morgan fingerprint density at radius 2 is 1.81 bits per heavy atom. The molecule has 0 saturated carbocycles. The highest BCUT2D eigenvalue weighted by Gasteiger charge is 2.33. The van der Waals surface area contributed by atoms with E-state index in [0.29, 0.717) is 0 Å². The molecule has 1 aliphatic rings. The van der Waals surface area contributed by atoms with Gasteiger partial charge in [0.15, 0.2) is 0 Å². The van der Waals surface area contributed by atoms with Crippen LogP contribution in [-0.4, -0.2) is 57.1 Å². The lowest BCUT2D eigenvalue weighted by atomic mass is 9.99. The van der Waals surface area contributed by atoms with Crippen LogP contribution >= 0.6 is 0 Å². The Labute approximate surface area is 120 Å². The number of methoxy groups -OCH3 is 3. The Hall–Kier alpha value is -2.35. The Morgan fingerprint density at radius 1 is 1.19 bits per heavy atom. The van der Waals surface area contributed by atoms with E-state index in [1.807, 2.05) is 0 Å². The third kappa shape index (κ3) is 4.06. The topological polar surface area (TPSA) is 108 Å². The van der Waals surface area contributed by atoms with E-state index in [0.717, 1.165) is 7.11 Å². The van der Waals surface area contributed by atoms with Crippen molar-refractivity contribution in [3.8, 4) is 0 Å². The maximum Gasteiger partial charge on any atom is 0.341 e. The molecular formula is C13H16O8. The van der Waals surface area contributed by atoms with Crippen LogP contribution in [-0.2, 0) is 33.3 Å². The summed E-state index contributed by atoms with van der Waals surface area (Å²) >= 11 is 0. The van der Waals surface area contributed by atoms with Crippen LogP contribution < -0.4 is 0 Å². The van der Waals surface area contributed by atoms with Gasteiger partial charge in [-0.25, -0.2) is 9.59 Å². The van der Waals surface area contributed by atoms with Crippen molar-refractivity contribution in [2.45, 2.75) is 12.5 Å². The molecule has 0 fully saturated rings. The van der Waals surface area contributed by atoms with Crippen LogP contribution in [0.3, 0.4) is 0 Å². The largest absolute Gasteiger partial charge is 0.486 e. The Kier molecular flexibility index (Phi) is 5.92. The molecule has 0 aliphatic carbocycles. The lowest BCUT2D eigenvalue weighted by molar-refractivity contribution is -0.140. The first-order valence-corrected chi connectivity index (χ1v) is 5.93. The summed E-state index contributed by atoms with van der Waals surface area (Å²) in [6.07, 6.45) is -0.306. The normalized spacial score (nSPS) is 17.7. The van der Waals surface area contributed by atoms with Crippen molar-refractivity contribution in [3.63, 3.8) is 0 Å². The zero-order valence-electron chi connectivity index (χ0n) is 11.9. The highest BCUT2D eigenvalue weighted by atomic mass is 16.5. The number of ether oxygens (including phenoxy) is 4. The standard InChI is InChI=1S/C13H16O8/c1-18-6-10-8(13(17)20-3)4-7(12(16)19-2)9(21-10)5-11(14)15/h4,9H,5-6H2,1-3H3,(H,14,15). The smallest absolute Gasteiger partial charge is 0.341 e. The maximum atomic E-state index is 11.7. The van der Waals surface area contributed by atoms with Gasteiger partial charge in [0.2, 0.25) is 0 Å². The molecule has 1 aliphatic heterocycles. The molecule has 116 valence electrons. The molecule has 0 radical (unpaired) electrons. The fraction of sp³-hybridized carbons (Fsp3) is 0.462. The Morgan fingerprint density at radius 3 is 2.29 bits per heavy atom. The van der Waals surface area contributed by atoms with Gasteiger partial charge in [0, 0.05) is 7.11 Å². The highest BCUT2D eigenvalue weighted by Crippen LogP contribution is 2.27. The number of aliphatic carboxylic acids is 1. The van der Waals surface area contributed by atoms with Crippen LogP contribution in [0, 0.1) is 0 Å². The van der Waals surface area contributed by atoms with Gasteiger partial charge >= 0.3 is 17.9 Å². The van der Waals surface area contributed by atoms with E-state index in [1.165, 1.54) is 20.3 Å². The Balaban J connectivity index is 3.25. The monoisotopic (exact) mass is 300 g/mol. The third-order valence-electron chi connectivity index (χ3n) is 2.69. The predicted molar refractivity (Wildman–Crippen MR) is 68.1 cm³/mol. The van der Waals surface area contributed by atoms with Crippen molar-refractivity contribution in [1.82, 2.24) is 0 Å². The molecule has 1 atom stereocenters. The van der Waals surface area contributed by atoms with E-state index in [9.17, 15) is 14.4 Å². The minimum atomic E-state index is -1.16. The maximum absolute atomic E-state index is 11.7. The fourth-order valence-electron chi connectivity index (χ4n) is 1.77. The van der Waals surface area contributed by atoms with Crippen molar-refractivity contribution < 1.29 is 38.4 Å². The van der Waals surface area contributed by atoms with Crippen LogP contribution in [0.15, 0.2) is 23.0 Å². The van der Waals surface area contributed by atoms with Gasteiger partial charge in [0.1, 0.15) is 24.0 Å². The van der Waals surface area contributed by atoms with Gasteiger partial charge in [-0.05, 0) is 6.08 Å². The number of rotatable bonds is 6. The third-order valence-corrected chi connectivity index (χ3v) is 2.69. The first-order valence-electron chi connectivity index (χ1n) is 5.93. The molecule has 1 unspecified atom stereocenters. The second kappa shape index (κ2) is 7.44. The summed E-state index contributed by atoms with van der Waals surface area (Å²) in [6.45, 7) is -0.0640. The van der Waals surface area contributed by atoms with E-state index in [-0.39, 0.29) is 23.5 Å². The summed E-state index contributed by atoms with van der Waals surface area (Å²) in [7, 11) is 3.71. The molecule has 8 nitrogen and oxygen atoms in total. The zero-order chi connectivity index (χ0) is 16.0. The first kappa shape index (κ1) is 16.7. The molecule has 0 bridgehead atoms. The summed E-state index contributed by atoms with van der Waals surface area (Å²) in [5.41, 5.74) is -0.0819. The number of carboxylic acid groups (broad SMARTS) is 1. The number of hydrogen-bond acceptors (Lipinski definition) is 7. The van der Waals surface area contributed by atoms with Gasteiger partial charge in [-0.2, -0.15) is 0 Å². The molecule has 21 heavy (non-hydrogen) atoms. The lowest BCUT2D eigenvalue weighted by Crippen LogP contribution is -2.31. The second-order valence-electron chi connectivity index (χ2n) is 4.06. The van der Waals surface area contributed by atoms with E-state index in [1.54, 1.807) is 0 Å². The summed E-state index contributed by atoms with van der Waals surface area (Å²) in [6, 6.07) is 0. The number of carbonyl (C=O) groups is 3. The van der Waals surface area contributed by atoms with E-state index < -0.39 is 30.4 Å². The number of esters is 2. The molecule has 0 amide bonds. The average Bonchev–Trinajstić information content (AvgIpc) is 2.45. The number of hydrogen-bond donors (Lipinski definition) is 1. The van der Waals surface area contributed by atoms with Crippen LogP contribution in [0.4, 0.5) is 0 Å². The van der Waals surface area contributed by atoms with Crippen LogP contribution in [0.2, 0.25) is 0 Å². The molecule has 0 aromatic carbocycles. The summed E-state index contributed by atoms with van der Waals surface area (Å²) in [4.78, 5) is 34.3. The lowest BCUT2D eigenvalue weighted by Gasteiger charge is -2.26. The van der Waals surface area contributed by atoms with Crippen molar-refractivity contribution in [3.05, 3.63) is 23.0 Å². The van der Waals surface area contributed by atoms with Crippen molar-refractivity contribution >= 4 is 17.9 Å². The quantitative estimate of drug-likeness (QED) is 0.684. The van der Waals surface area contributed by atoms with Gasteiger partial charge in [-0.1, -0.05) is 0 Å². The van der Waals surface area contributed by atoms with Crippen molar-refractivity contribution in [2.24, 2.45) is 0 Å². The highest BCUT2D eigenvalue weighted by molar-refractivity contribution is 5.98. The van der Waals surface area contributed by atoms with Crippen molar-refractivity contribution in [2.75, 3.05) is 27.9 Å². The molecule has 0 spiro atoms. The average molecular weight is 300 g/mol. The van der Waals surface area contributed by atoms with Gasteiger partial charge in [0.25, 0.3) is 0 Å². The summed E-state index contributed by atoms with van der Waals surface area (Å²) in [5.74, 6) is -2.56. The summed E-state index contributed by atoms with van der Waals surface area (Å²) in [5, 5.41) is 8.88. The molecule has 0 saturated heterocycles. The number of carboxylic acids is 1. The second-order valence-corrected chi connectivity index (χ2v) is 4.06. The van der Waals surface area contributed by atoms with E-state index >= 15 is 0 Å². The van der Waals surface area contributed by atoms with Gasteiger partial charge in [-0.15, -0.1) is 0 Å². The molecular weight excluding hydrogens is 284 g/mol. The molecule has 1 rings (SSSR count). The van der Waals surface area contributed by atoms with Crippen LogP contribution in [0.1, 0.15) is 6.42 Å². The molecule has 0 aromatic rings. The van der Waals surface area contributed by atoms with Gasteiger partial charge in [0.05, 0.1) is 26.2 Å². The van der Waals surface area contributed by atoms with Gasteiger partial charge in [-0.3, -0.25) is 4.79 Å². The van der Waals surface area contributed by atoms with Gasteiger partial charge < -0.3 is 24.1 Å². The fourth-order valence-corrected chi connectivity index (χ4v) is 1.77. The molecule has 8 heteroatoms. The molecule has 0 aromatic heterocycles. The van der Waals surface area contributed by atoms with Crippen LogP contribution in [0.25, 0.3) is 0 Å². The number of carbonyl (C=O) groups excluding carboxylic acids is 2. The molecule has 1 N–H and O–H groups in total. The first-order chi connectivity index (χ1) is 9.94. The van der Waals surface area contributed by atoms with E-state index in [2.05, 4.69) is 9.47 Å². The van der Waals surface area contributed by atoms with Crippen LogP contribution in [0.5, 0.6) is 0 Å². The van der Waals surface area contributed by atoms with Crippen molar-refractivity contribution in [1.29, 1.82) is 0 Å². The van der Waals surface area contributed by atoms with E-state index in [4.69, 9.17) is 14.6 Å². The predicted octanol–water partition coefficient (Wildman–Crippen LogP) is 0.0328. The summed E-state index contributed by atoms with van der Waals surface area (Å²) < 4.78 is 19.5. The zero-order valence-corrected chi connectivity index (χ0v) is 11.9. The molecule has 1 heterocycles.